The predicted molar refractivity (Wildman–Crippen MR) is 89.5 cm³/mol. The van der Waals surface area contributed by atoms with Gasteiger partial charge in [0, 0.05) is 30.1 Å². The lowest BCUT2D eigenvalue weighted by Gasteiger charge is -2.09. The second kappa shape index (κ2) is 6.34. The van der Waals surface area contributed by atoms with E-state index in [4.69, 9.17) is 0 Å². The molecule has 1 N–H and O–H groups in total. The standard InChI is InChI=1S/C17H15FN2O2S/c1-20-10-14(16(21)13-9-11(18)4-5-15(13)20)17(22)19-7-6-12-3-2-8-23-12/h2-5,8-10H,6-7H2,1H3,(H,19,22). The lowest BCUT2D eigenvalue weighted by molar-refractivity contribution is 0.0952. The molecule has 0 radical (unpaired) electrons. The van der Waals surface area contributed by atoms with Gasteiger partial charge in [-0.05, 0) is 36.1 Å². The fourth-order valence-corrected chi connectivity index (χ4v) is 3.18. The number of halogens is 1. The van der Waals surface area contributed by atoms with E-state index >= 15 is 0 Å². The third-order valence-electron chi connectivity index (χ3n) is 3.63. The topological polar surface area (TPSA) is 51.1 Å². The van der Waals surface area contributed by atoms with Gasteiger partial charge in [-0.3, -0.25) is 9.59 Å². The number of rotatable bonds is 4. The first kappa shape index (κ1) is 15.4. The number of aromatic nitrogens is 1. The number of carbonyl (C=O) groups is 1. The summed E-state index contributed by atoms with van der Waals surface area (Å²) < 4.78 is 15.1. The summed E-state index contributed by atoms with van der Waals surface area (Å²) >= 11 is 1.62. The fourth-order valence-electron chi connectivity index (χ4n) is 2.48. The maximum absolute atomic E-state index is 13.4. The van der Waals surface area contributed by atoms with E-state index in [9.17, 15) is 14.0 Å². The first-order chi connectivity index (χ1) is 11.1. The van der Waals surface area contributed by atoms with Gasteiger partial charge in [-0.2, -0.15) is 0 Å². The van der Waals surface area contributed by atoms with Gasteiger partial charge in [-0.25, -0.2) is 4.39 Å². The van der Waals surface area contributed by atoms with Crippen LogP contribution in [0.3, 0.4) is 0 Å². The highest BCUT2D eigenvalue weighted by Gasteiger charge is 2.14. The molecule has 2 heterocycles. The molecule has 0 unspecified atom stereocenters. The Kier molecular flexibility index (Phi) is 4.25. The monoisotopic (exact) mass is 330 g/mol. The molecule has 0 aliphatic rings. The Morgan fingerprint density at radius 3 is 2.91 bits per heavy atom. The smallest absolute Gasteiger partial charge is 0.256 e. The van der Waals surface area contributed by atoms with Crippen LogP contribution < -0.4 is 10.7 Å². The summed E-state index contributed by atoms with van der Waals surface area (Å²) in [7, 11) is 1.72. The third kappa shape index (κ3) is 3.17. The lowest BCUT2D eigenvalue weighted by atomic mass is 10.1. The Labute approximate surface area is 136 Å². The van der Waals surface area contributed by atoms with Crippen LogP contribution in [0.5, 0.6) is 0 Å². The molecule has 1 amide bonds. The van der Waals surface area contributed by atoms with Crippen molar-refractivity contribution in [3.8, 4) is 0 Å². The molecule has 6 heteroatoms. The van der Waals surface area contributed by atoms with Crippen molar-refractivity contribution in [1.29, 1.82) is 0 Å². The second-order valence-corrected chi connectivity index (χ2v) is 6.26. The van der Waals surface area contributed by atoms with Gasteiger partial charge in [0.1, 0.15) is 11.4 Å². The van der Waals surface area contributed by atoms with E-state index < -0.39 is 17.2 Å². The minimum absolute atomic E-state index is 0.0248. The third-order valence-corrected chi connectivity index (χ3v) is 4.57. The molecule has 1 aromatic carbocycles. The zero-order chi connectivity index (χ0) is 16.4. The number of amides is 1. The number of hydrogen-bond acceptors (Lipinski definition) is 3. The van der Waals surface area contributed by atoms with Crippen LogP contribution >= 0.6 is 11.3 Å². The summed E-state index contributed by atoms with van der Waals surface area (Å²) in [6, 6.07) is 7.94. The van der Waals surface area contributed by atoms with Crippen LogP contribution in [0.15, 0.2) is 46.7 Å². The molecule has 0 aliphatic heterocycles. The molecule has 3 aromatic rings. The van der Waals surface area contributed by atoms with Gasteiger partial charge in [-0.1, -0.05) is 6.07 Å². The van der Waals surface area contributed by atoms with Crippen LogP contribution in [-0.2, 0) is 13.5 Å². The molecule has 2 aromatic heterocycles. The van der Waals surface area contributed by atoms with Gasteiger partial charge < -0.3 is 9.88 Å². The molecule has 0 spiro atoms. The number of thiophene rings is 1. The summed E-state index contributed by atoms with van der Waals surface area (Å²) in [5, 5.41) is 4.93. The summed E-state index contributed by atoms with van der Waals surface area (Å²) in [5.74, 6) is -0.932. The molecule has 0 aliphatic carbocycles. The van der Waals surface area contributed by atoms with E-state index in [-0.39, 0.29) is 10.9 Å². The van der Waals surface area contributed by atoms with Crippen LogP contribution in [0, 0.1) is 5.82 Å². The molecular weight excluding hydrogens is 315 g/mol. The Morgan fingerprint density at radius 1 is 1.35 bits per heavy atom. The van der Waals surface area contributed by atoms with Crippen LogP contribution in [0.25, 0.3) is 10.9 Å². The summed E-state index contributed by atoms with van der Waals surface area (Å²) in [4.78, 5) is 25.9. The zero-order valence-corrected chi connectivity index (χ0v) is 13.3. The van der Waals surface area contributed by atoms with Gasteiger partial charge in [0.2, 0.25) is 5.43 Å². The number of fused-ring (bicyclic) bond motifs is 1. The van der Waals surface area contributed by atoms with Crippen molar-refractivity contribution >= 4 is 28.1 Å². The van der Waals surface area contributed by atoms with Gasteiger partial charge >= 0.3 is 0 Å². The maximum atomic E-state index is 13.4. The van der Waals surface area contributed by atoms with Gasteiger partial charge in [-0.15, -0.1) is 11.3 Å². The maximum Gasteiger partial charge on any atom is 0.256 e. The van der Waals surface area contributed by atoms with Crippen molar-refractivity contribution < 1.29 is 9.18 Å². The second-order valence-electron chi connectivity index (χ2n) is 5.23. The number of nitrogens with zero attached hydrogens (tertiary/aromatic N) is 1. The van der Waals surface area contributed by atoms with Crippen LogP contribution in [0.4, 0.5) is 4.39 Å². The number of carbonyl (C=O) groups excluding carboxylic acids is 1. The van der Waals surface area contributed by atoms with Crippen molar-refractivity contribution in [2.24, 2.45) is 7.05 Å². The van der Waals surface area contributed by atoms with Crippen LogP contribution in [0.2, 0.25) is 0 Å². The molecule has 4 nitrogen and oxygen atoms in total. The van der Waals surface area contributed by atoms with E-state index in [1.54, 1.807) is 23.0 Å². The SMILES string of the molecule is Cn1cc(C(=O)NCCc2cccs2)c(=O)c2cc(F)ccc21. The molecule has 0 bridgehead atoms. The van der Waals surface area contributed by atoms with E-state index in [2.05, 4.69) is 5.32 Å². The number of aryl methyl sites for hydroxylation is 1. The first-order valence-electron chi connectivity index (χ1n) is 7.16. The minimum Gasteiger partial charge on any atom is -0.352 e. The number of nitrogens with one attached hydrogen (secondary N) is 1. The highest BCUT2D eigenvalue weighted by Crippen LogP contribution is 2.13. The van der Waals surface area contributed by atoms with Crippen molar-refractivity contribution in [2.45, 2.75) is 6.42 Å². The zero-order valence-electron chi connectivity index (χ0n) is 12.5. The van der Waals surface area contributed by atoms with Gasteiger partial charge in [0.15, 0.2) is 0 Å². The van der Waals surface area contributed by atoms with Gasteiger partial charge in [0.05, 0.1) is 5.52 Å². The van der Waals surface area contributed by atoms with Crippen molar-refractivity contribution in [3.63, 3.8) is 0 Å². The average molecular weight is 330 g/mol. The van der Waals surface area contributed by atoms with Crippen LogP contribution in [0.1, 0.15) is 15.2 Å². The Morgan fingerprint density at radius 2 is 2.17 bits per heavy atom. The molecule has 0 saturated carbocycles. The van der Waals surface area contributed by atoms with E-state index in [1.807, 2.05) is 17.5 Å². The van der Waals surface area contributed by atoms with Gasteiger partial charge in [0.25, 0.3) is 5.91 Å². The molecule has 0 atom stereocenters. The molecule has 0 fully saturated rings. The van der Waals surface area contributed by atoms with E-state index in [0.717, 1.165) is 0 Å². The average Bonchev–Trinajstić information content (AvgIpc) is 3.04. The van der Waals surface area contributed by atoms with Crippen molar-refractivity contribution in [2.75, 3.05) is 6.54 Å². The molecule has 0 saturated heterocycles. The predicted octanol–water partition coefficient (Wildman–Crippen LogP) is 2.71. The minimum atomic E-state index is -0.496. The summed E-state index contributed by atoms with van der Waals surface area (Å²) in [6.45, 7) is 0.448. The van der Waals surface area contributed by atoms with E-state index in [1.165, 1.54) is 29.3 Å². The van der Waals surface area contributed by atoms with E-state index in [0.29, 0.717) is 18.5 Å². The quantitative estimate of drug-likeness (QED) is 0.800. The first-order valence-corrected chi connectivity index (χ1v) is 8.03. The molecule has 118 valence electrons. The largest absolute Gasteiger partial charge is 0.352 e. The fraction of sp³-hybridized carbons (Fsp3) is 0.176. The number of hydrogen-bond donors (Lipinski definition) is 1. The Hall–Kier alpha value is -2.47. The Balaban J connectivity index is 1.85. The van der Waals surface area contributed by atoms with Crippen molar-refractivity contribution in [1.82, 2.24) is 9.88 Å². The molecular formula is C17H15FN2O2S. The number of pyridine rings is 1. The molecule has 3 rings (SSSR count). The highest BCUT2D eigenvalue weighted by atomic mass is 32.1. The Bertz CT molecular complexity index is 916. The summed E-state index contributed by atoms with van der Waals surface area (Å²) in [5.41, 5.74) is 0.162. The highest BCUT2D eigenvalue weighted by molar-refractivity contribution is 7.09. The normalized spacial score (nSPS) is 10.9. The number of benzene rings is 1. The molecule has 23 heavy (non-hydrogen) atoms. The lowest BCUT2D eigenvalue weighted by Crippen LogP contribution is -2.31. The van der Waals surface area contributed by atoms with Crippen molar-refractivity contribution in [3.05, 3.63) is 68.4 Å². The van der Waals surface area contributed by atoms with Crippen LogP contribution in [-0.4, -0.2) is 17.0 Å². The summed E-state index contributed by atoms with van der Waals surface area (Å²) in [6.07, 6.45) is 2.20.